The molecule has 0 aliphatic heterocycles. The number of benzene rings is 2. The van der Waals surface area contributed by atoms with Crippen LogP contribution in [-0.2, 0) is 0 Å². The summed E-state index contributed by atoms with van der Waals surface area (Å²) in [6.45, 7) is 1.99. The molecule has 0 saturated heterocycles. The molecule has 116 valence electrons. The molecule has 4 nitrogen and oxygen atoms in total. The molecule has 0 radical (unpaired) electrons. The van der Waals surface area contributed by atoms with E-state index in [-0.39, 0.29) is 5.91 Å². The first-order valence-corrected chi connectivity index (χ1v) is 8.09. The highest BCUT2D eigenvalue weighted by Gasteiger charge is 2.13. The number of aromatic amines is 1. The maximum Gasteiger partial charge on any atom is 0.273 e. The summed E-state index contributed by atoms with van der Waals surface area (Å²) in [6.07, 6.45) is 0. The van der Waals surface area contributed by atoms with Crippen molar-refractivity contribution in [3.63, 3.8) is 0 Å². The minimum Gasteiger partial charge on any atom is -0.320 e. The molecule has 3 aromatic rings. The molecule has 0 unspecified atom stereocenters. The normalized spacial score (nSPS) is 10.6. The molecule has 2 N–H and O–H groups in total. The van der Waals surface area contributed by atoms with Gasteiger partial charge in [-0.2, -0.15) is 5.10 Å². The molecular weight excluding hydrogens is 378 g/mol. The maximum atomic E-state index is 12.3. The number of rotatable bonds is 3. The molecule has 1 heterocycles. The van der Waals surface area contributed by atoms with Crippen LogP contribution >= 0.6 is 27.5 Å². The van der Waals surface area contributed by atoms with Crippen LogP contribution in [0.1, 0.15) is 16.1 Å². The lowest BCUT2D eigenvalue weighted by Crippen LogP contribution is -2.12. The molecule has 0 spiro atoms. The van der Waals surface area contributed by atoms with Crippen LogP contribution in [0.5, 0.6) is 0 Å². The van der Waals surface area contributed by atoms with E-state index in [4.69, 9.17) is 11.6 Å². The highest BCUT2D eigenvalue weighted by Crippen LogP contribution is 2.25. The fourth-order valence-corrected chi connectivity index (χ4v) is 2.93. The summed E-state index contributed by atoms with van der Waals surface area (Å²) in [5, 5.41) is 10.4. The molecule has 1 amide bonds. The Labute approximate surface area is 147 Å². The van der Waals surface area contributed by atoms with E-state index in [2.05, 4.69) is 31.4 Å². The van der Waals surface area contributed by atoms with Gasteiger partial charge < -0.3 is 5.32 Å². The molecule has 3 rings (SSSR count). The summed E-state index contributed by atoms with van der Waals surface area (Å²) in [5.74, 6) is -0.254. The second kappa shape index (κ2) is 6.56. The minimum atomic E-state index is -0.254. The molecule has 0 saturated carbocycles. The van der Waals surface area contributed by atoms with E-state index in [1.54, 1.807) is 18.2 Å². The average Bonchev–Trinajstić information content (AvgIpc) is 3.00. The molecule has 23 heavy (non-hydrogen) atoms. The summed E-state index contributed by atoms with van der Waals surface area (Å²) >= 11 is 9.42. The first-order chi connectivity index (χ1) is 11.0. The number of anilines is 1. The fraction of sp³-hybridized carbons (Fsp3) is 0.0588. The zero-order chi connectivity index (χ0) is 16.4. The first kappa shape index (κ1) is 15.8. The van der Waals surface area contributed by atoms with Gasteiger partial charge in [-0.1, -0.05) is 29.8 Å². The Bertz CT molecular complexity index is 876. The Kier molecular flexibility index (Phi) is 4.50. The predicted molar refractivity (Wildman–Crippen MR) is 95.9 cm³/mol. The molecule has 2 aromatic carbocycles. The molecule has 0 atom stereocenters. The quantitative estimate of drug-likeness (QED) is 0.657. The van der Waals surface area contributed by atoms with Gasteiger partial charge in [0.2, 0.25) is 0 Å². The standard InChI is InChI=1S/C17H13BrClN3O/c1-10-5-6-14(13(18)7-10)20-17(23)16-9-15(21-22-16)11-3-2-4-12(19)8-11/h2-9H,1H3,(H,20,23)(H,21,22). The van der Waals surface area contributed by atoms with Crippen LogP contribution in [0.4, 0.5) is 5.69 Å². The number of hydrogen-bond acceptors (Lipinski definition) is 2. The highest BCUT2D eigenvalue weighted by molar-refractivity contribution is 9.10. The van der Waals surface area contributed by atoms with E-state index in [1.165, 1.54) is 0 Å². The van der Waals surface area contributed by atoms with Crippen molar-refractivity contribution < 1.29 is 4.79 Å². The third-order valence-corrected chi connectivity index (χ3v) is 4.21. The summed E-state index contributed by atoms with van der Waals surface area (Å²) < 4.78 is 0.834. The summed E-state index contributed by atoms with van der Waals surface area (Å²) in [6, 6.07) is 14.8. The van der Waals surface area contributed by atoms with Crippen LogP contribution in [-0.4, -0.2) is 16.1 Å². The van der Waals surface area contributed by atoms with E-state index in [1.807, 2.05) is 37.3 Å². The Balaban J connectivity index is 1.81. The van der Waals surface area contributed by atoms with E-state index in [9.17, 15) is 4.79 Å². The summed E-state index contributed by atoms with van der Waals surface area (Å²) in [4.78, 5) is 12.3. The van der Waals surface area contributed by atoms with Crippen molar-refractivity contribution in [3.8, 4) is 11.3 Å². The summed E-state index contributed by atoms with van der Waals surface area (Å²) in [5.41, 5.74) is 3.72. The Morgan fingerprint density at radius 1 is 1.22 bits per heavy atom. The number of nitrogens with one attached hydrogen (secondary N) is 2. The molecular formula is C17H13BrClN3O. The minimum absolute atomic E-state index is 0.254. The number of nitrogens with zero attached hydrogens (tertiary/aromatic N) is 1. The topological polar surface area (TPSA) is 57.8 Å². The van der Waals surface area contributed by atoms with Gasteiger partial charge in [-0.25, -0.2) is 0 Å². The lowest BCUT2D eigenvalue weighted by atomic mass is 10.1. The van der Waals surface area contributed by atoms with Gasteiger partial charge in [-0.15, -0.1) is 0 Å². The summed E-state index contributed by atoms with van der Waals surface area (Å²) in [7, 11) is 0. The number of hydrogen-bond donors (Lipinski definition) is 2. The van der Waals surface area contributed by atoms with Crippen molar-refractivity contribution in [2.45, 2.75) is 6.92 Å². The first-order valence-electron chi connectivity index (χ1n) is 6.92. The van der Waals surface area contributed by atoms with Crippen LogP contribution < -0.4 is 5.32 Å². The van der Waals surface area contributed by atoms with Gasteiger partial charge >= 0.3 is 0 Å². The monoisotopic (exact) mass is 389 g/mol. The lowest BCUT2D eigenvalue weighted by molar-refractivity contribution is 0.102. The van der Waals surface area contributed by atoms with Gasteiger partial charge in [0.1, 0.15) is 5.69 Å². The van der Waals surface area contributed by atoms with Crippen LogP contribution in [0.3, 0.4) is 0 Å². The SMILES string of the molecule is Cc1ccc(NC(=O)c2cc(-c3cccc(Cl)c3)n[nH]2)c(Br)c1. The Morgan fingerprint density at radius 3 is 2.78 bits per heavy atom. The number of amides is 1. The molecule has 0 bridgehead atoms. The van der Waals surface area contributed by atoms with Crippen LogP contribution in [0.2, 0.25) is 5.02 Å². The van der Waals surface area contributed by atoms with Gasteiger partial charge in [0, 0.05) is 15.1 Å². The van der Waals surface area contributed by atoms with Gasteiger partial charge in [0.25, 0.3) is 5.91 Å². The molecule has 1 aromatic heterocycles. The van der Waals surface area contributed by atoms with Crippen LogP contribution in [0, 0.1) is 6.92 Å². The lowest BCUT2D eigenvalue weighted by Gasteiger charge is -2.06. The number of carbonyl (C=O) groups excluding carboxylic acids is 1. The van der Waals surface area contributed by atoms with Gasteiger partial charge in [0.15, 0.2) is 0 Å². The van der Waals surface area contributed by atoms with E-state index in [0.717, 1.165) is 15.6 Å². The van der Waals surface area contributed by atoms with Crippen molar-refractivity contribution >= 4 is 39.1 Å². The second-order valence-corrected chi connectivity index (χ2v) is 6.41. The van der Waals surface area contributed by atoms with Crippen LogP contribution in [0.15, 0.2) is 53.0 Å². The van der Waals surface area contributed by atoms with E-state index >= 15 is 0 Å². The maximum absolute atomic E-state index is 12.3. The van der Waals surface area contributed by atoms with Gasteiger partial charge in [-0.05, 0) is 58.7 Å². The Hall–Kier alpha value is -2.11. The van der Waals surface area contributed by atoms with E-state index in [0.29, 0.717) is 22.1 Å². The number of halogens is 2. The molecule has 6 heteroatoms. The van der Waals surface area contributed by atoms with Crippen molar-refractivity contribution in [1.29, 1.82) is 0 Å². The van der Waals surface area contributed by atoms with Crippen molar-refractivity contribution in [1.82, 2.24) is 10.2 Å². The molecule has 0 aliphatic rings. The predicted octanol–water partition coefficient (Wildman–Crippen LogP) is 5.05. The fourth-order valence-electron chi connectivity index (χ4n) is 2.14. The number of aromatic nitrogens is 2. The molecule has 0 aliphatic carbocycles. The van der Waals surface area contributed by atoms with Crippen LogP contribution in [0.25, 0.3) is 11.3 Å². The second-order valence-electron chi connectivity index (χ2n) is 5.11. The van der Waals surface area contributed by atoms with Gasteiger partial charge in [0.05, 0.1) is 11.4 Å². The number of H-pyrrole nitrogens is 1. The number of carbonyl (C=O) groups is 1. The van der Waals surface area contributed by atoms with Crippen molar-refractivity contribution in [2.75, 3.05) is 5.32 Å². The van der Waals surface area contributed by atoms with Gasteiger partial charge in [-0.3, -0.25) is 9.89 Å². The zero-order valence-electron chi connectivity index (χ0n) is 12.2. The highest BCUT2D eigenvalue weighted by atomic mass is 79.9. The zero-order valence-corrected chi connectivity index (χ0v) is 14.6. The van der Waals surface area contributed by atoms with Crippen molar-refractivity contribution in [2.24, 2.45) is 0 Å². The van der Waals surface area contributed by atoms with Crippen molar-refractivity contribution in [3.05, 3.63) is 69.3 Å². The average molecular weight is 391 g/mol. The third-order valence-electron chi connectivity index (χ3n) is 3.32. The number of aryl methyl sites for hydroxylation is 1. The smallest absolute Gasteiger partial charge is 0.273 e. The Morgan fingerprint density at radius 2 is 2.04 bits per heavy atom. The molecule has 0 fully saturated rings. The largest absolute Gasteiger partial charge is 0.320 e. The third kappa shape index (κ3) is 3.63. The van der Waals surface area contributed by atoms with E-state index < -0.39 is 0 Å².